The SMILES string of the molecule is O=S(=O)(NCc1ccc(C2O[C@H](Cn3cnc(Cl)c3Cl)C[C@H](c3ccc(CO)cc3)O2)cc1)c1cccc2cccnc12. The number of nitrogens with one attached hydrogen (secondary N) is 1. The number of fused-ring (bicyclic) bond motifs is 1. The Morgan fingerprint density at radius 2 is 1.63 bits per heavy atom. The van der Waals surface area contributed by atoms with Crippen LogP contribution in [0.5, 0.6) is 0 Å². The van der Waals surface area contributed by atoms with Crippen LogP contribution in [0.25, 0.3) is 10.9 Å². The Hall–Kier alpha value is -3.35. The van der Waals surface area contributed by atoms with E-state index in [0.717, 1.165) is 27.6 Å². The number of halogens is 2. The van der Waals surface area contributed by atoms with Gasteiger partial charge in [0.1, 0.15) is 10.0 Å². The predicted octanol–water partition coefficient (Wildman–Crippen LogP) is 5.95. The van der Waals surface area contributed by atoms with Crippen LogP contribution in [-0.4, -0.2) is 34.2 Å². The van der Waals surface area contributed by atoms with E-state index in [1.54, 1.807) is 35.3 Å². The fourth-order valence-electron chi connectivity index (χ4n) is 5.06. The molecule has 1 unspecified atom stereocenters. The first-order valence-electron chi connectivity index (χ1n) is 13.6. The Bertz CT molecular complexity index is 1830. The minimum absolute atomic E-state index is 0.0403. The van der Waals surface area contributed by atoms with Crippen LogP contribution in [0.15, 0.2) is 96.3 Å². The van der Waals surface area contributed by atoms with E-state index in [0.29, 0.717) is 23.6 Å². The highest BCUT2D eigenvalue weighted by atomic mass is 35.5. The molecule has 0 aliphatic carbocycles. The molecule has 1 fully saturated rings. The van der Waals surface area contributed by atoms with Crippen molar-refractivity contribution in [2.24, 2.45) is 0 Å². The highest BCUT2D eigenvalue weighted by Gasteiger charge is 2.33. The summed E-state index contributed by atoms with van der Waals surface area (Å²) in [6, 6.07) is 23.7. The van der Waals surface area contributed by atoms with Crippen molar-refractivity contribution < 1.29 is 23.0 Å². The first kappa shape index (κ1) is 29.7. The highest BCUT2D eigenvalue weighted by molar-refractivity contribution is 7.89. The molecular weight excluding hydrogens is 611 g/mol. The van der Waals surface area contributed by atoms with Gasteiger partial charge in [-0.2, -0.15) is 0 Å². The van der Waals surface area contributed by atoms with Gasteiger partial charge < -0.3 is 19.1 Å². The summed E-state index contributed by atoms with van der Waals surface area (Å²) in [6.45, 7) is 0.481. The number of sulfonamides is 1. The Kier molecular flexibility index (Phi) is 8.78. The summed E-state index contributed by atoms with van der Waals surface area (Å²) >= 11 is 12.4. The van der Waals surface area contributed by atoms with E-state index in [-0.39, 0.29) is 35.4 Å². The summed E-state index contributed by atoms with van der Waals surface area (Å²) in [5, 5.41) is 10.8. The fourth-order valence-corrected chi connectivity index (χ4v) is 6.57. The van der Waals surface area contributed by atoms with Crippen LogP contribution in [0.3, 0.4) is 0 Å². The number of ether oxygens (including phenoxy) is 2. The second kappa shape index (κ2) is 12.7. The second-order valence-electron chi connectivity index (χ2n) is 10.2. The van der Waals surface area contributed by atoms with E-state index in [2.05, 4.69) is 14.7 Å². The Balaban J connectivity index is 1.19. The molecule has 1 saturated heterocycles. The lowest BCUT2D eigenvalue weighted by atomic mass is 10.00. The lowest BCUT2D eigenvalue weighted by molar-refractivity contribution is -0.252. The van der Waals surface area contributed by atoms with Gasteiger partial charge in [0.05, 0.1) is 37.2 Å². The fraction of sp³-hybridized carbons (Fsp3) is 0.226. The maximum Gasteiger partial charge on any atom is 0.243 e. The summed E-state index contributed by atoms with van der Waals surface area (Å²) in [5.41, 5.74) is 3.74. The second-order valence-corrected chi connectivity index (χ2v) is 12.7. The molecular formula is C31H28Cl2N4O5S. The van der Waals surface area contributed by atoms with Gasteiger partial charge >= 0.3 is 0 Å². The van der Waals surface area contributed by atoms with Gasteiger partial charge in [0, 0.05) is 30.1 Å². The number of hydrogen-bond donors (Lipinski definition) is 2. The Morgan fingerprint density at radius 1 is 0.907 bits per heavy atom. The largest absolute Gasteiger partial charge is 0.392 e. The molecule has 0 amide bonds. The van der Waals surface area contributed by atoms with Gasteiger partial charge in [-0.3, -0.25) is 4.98 Å². The van der Waals surface area contributed by atoms with Gasteiger partial charge in [-0.15, -0.1) is 0 Å². The molecule has 1 aliphatic heterocycles. The molecule has 222 valence electrons. The van der Waals surface area contributed by atoms with Crippen molar-refractivity contribution in [1.82, 2.24) is 19.3 Å². The molecule has 6 rings (SSSR count). The van der Waals surface area contributed by atoms with Crippen molar-refractivity contribution in [2.75, 3.05) is 0 Å². The van der Waals surface area contributed by atoms with E-state index in [4.69, 9.17) is 32.7 Å². The van der Waals surface area contributed by atoms with Gasteiger partial charge in [0.25, 0.3) is 0 Å². The first-order valence-corrected chi connectivity index (χ1v) is 15.8. The molecule has 3 aromatic carbocycles. The van der Waals surface area contributed by atoms with Gasteiger partial charge in [-0.25, -0.2) is 18.1 Å². The molecule has 12 heteroatoms. The monoisotopic (exact) mass is 638 g/mol. The van der Waals surface area contributed by atoms with Crippen molar-refractivity contribution in [3.8, 4) is 0 Å². The standard InChI is InChI=1S/C31H28Cl2N4O5S/c32-29-30(33)37(19-35-29)17-25-15-26(22-10-8-21(18-38)9-11-22)42-31(41-25)24-12-6-20(7-13-24)16-36-43(39,40)27-5-1-3-23-4-2-14-34-28(23)27/h1-14,19,25-26,31,36,38H,15-18H2/t25-,26+,31?/m0/s1. The van der Waals surface area contributed by atoms with Crippen LogP contribution >= 0.6 is 23.2 Å². The minimum Gasteiger partial charge on any atom is -0.392 e. The number of hydrogen-bond acceptors (Lipinski definition) is 7. The van der Waals surface area contributed by atoms with Crippen molar-refractivity contribution in [3.63, 3.8) is 0 Å². The number of imidazole rings is 1. The highest BCUT2D eigenvalue weighted by Crippen LogP contribution is 2.39. The number of aliphatic hydroxyl groups is 1. The van der Waals surface area contributed by atoms with E-state index >= 15 is 0 Å². The van der Waals surface area contributed by atoms with E-state index < -0.39 is 16.3 Å². The molecule has 1 aliphatic rings. The quantitative estimate of drug-likeness (QED) is 0.205. The van der Waals surface area contributed by atoms with Gasteiger partial charge in [-0.1, -0.05) is 89.9 Å². The summed E-state index contributed by atoms with van der Waals surface area (Å²) in [6.07, 6.45) is 2.47. The summed E-state index contributed by atoms with van der Waals surface area (Å²) < 4.78 is 43.4. The number of aliphatic hydroxyl groups excluding tert-OH is 1. The van der Waals surface area contributed by atoms with E-state index in [1.807, 2.05) is 60.7 Å². The molecule has 0 bridgehead atoms. The number of nitrogens with zero attached hydrogens (tertiary/aromatic N) is 3. The number of benzene rings is 3. The number of rotatable bonds is 9. The lowest BCUT2D eigenvalue weighted by Gasteiger charge is -2.36. The summed E-state index contributed by atoms with van der Waals surface area (Å²) in [7, 11) is -3.80. The Morgan fingerprint density at radius 3 is 2.35 bits per heavy atom. The molecule has 2 N–H and O–H groups in total. The molecule has 0 spiro atoms. The topological polar surface area (TPSA) is 116 Å². The third-order valence-corrected chi connectivity index (χ3v) is 9.55. The van der Waals surface area contributed by atoms with Gasteiger partial charge in [0.2, 0.25) is 10.0 Å². The number of pyridine rings is 1. The predicted molar refractivity (Wildman–Crippen MR) is 163 cm³/mol. The van der Waals surface area contributed by atoms with Crippen molar-refractivity contribution in [2.45, 2.75) is 49.5 Å². The molecule has 3 atom stereocenters. The molecule has 43 heavy (non-hydrogen) atoms. The van der Waals surface area contributed by atoms with Gasteiger partial charge in [0.15, 0.2) is 11.4 Å². The lowest BCUT2D eigenvalue weighted by Crippen LogP contribution is -2.32. The van der Waals surface area contributed by atoms with E-state index in [1.165, 1.54) is 0 Å². The molecule has 0 saturated carbocycles. The van der Waals surface area contributed by atoms with Crippen molar-refractivity contribution >= 4 is 44.1 Å². The zero-order valence-electron chi connectivity index (χ0n) is 22.8. The Labute approximate surface area is 259 Å². The average molecular weight is 640 g/mol. The third-order valence-electron chi connectivity index (χ3n) is 7.35. The molecule has 9 nitrogen and oxygen atoms in total. The third kappa shape index (κ3) is 6.61. The van der Waals surface area contributed by atoms with Crippen LogP contribution in [0.1, 0.15) is 41.1 Å². The van der Waals surface area contributed by atoms with Gasteiger partial charge in [-0.05, 0) is 28.8 Å². The van der Waals surface area contributed by atoms with Crippen LogP contribution < -0.4 is 4.72 Å². The van der Waals surface area contributed by atoms with Crippen molar-refractivity contribution in [1.29, 1.82) is 0 Å². The number of aromatic nitrogens is 3. The van der Waals surface area contributed by atoms with Crippen LogP contribution in [0.4, 0.5) is 0 Å². The normalized spacial score (nSPS) is 19.1. The van der Waals surface area contributed by atoms with Crippen LogP contribution in [-0.2, 0) is 39.2 Å². The van der Waals surface area contributed by atoms with Crippen LogP contribution in [0, 0.1) is 0 Å². The maximum absolute atomic E-state index is 13.1. The van der Waals surface area contributed by atoms with E-state index in [9.17, 15) is 13.5 Å². The zero-order chi connectivity index (χ0) is 30.0. The average Bonchev–Trinajstić information content (AvgIpc) is 3.35. The molecule has 0 radical (unpaired) electrons. The smallest absolute Gasteiger partial charge is 0.243 e. The first-order chi connectivity index (χ1) is 20.8. The summed E-state index contributed by atoms with van der Waals surface area (Å²) in [4.78, 5) is 8.47. The summed E-state index contributed by atoms with van der Waals surface area (Å²) in [5.74, 6) is 0. The molecule has 3 heterocycles. The van der Waals surface area contributed by atoms with Crippen molar-refractivity contribution in [3.05, 3.63) is 124 Å². The molecule has 2 aromatic heterocycles. The maximum atomic E-state index is 13.1. The zero-order valence-corrected chi connectivity index (χ0v) is 25.1. The minimum atomic E-state index is -3.80. The van der Waals surface area contributed by atoms with Crippen LogP contribution in [0.2, 0.25) is 10.3 Å². The number of para-hydroxylation sites is 1. The molecule has 5 aromatic rings.